The number of nitrogen functional groups attached to an aromatic ring is 1. The third kappa shape index (κ3) is 2.76. The van der Waals surface area contributed by atoms with Crippen LogP contribution in [0.15, 0.2) is 18.2 Å². The van der Waals surface area contributed by atoms with Crippen LogP contribution in [0.25, 0.3) is 0 Å². The summed E-state index contributed by atoms with van der Waals surface area (Å²) in [6.45, 7) is 10.6. The lowest BCUT2D eigenvalue weighted by atomic mass is 10.2. The zero-order valence-corrected chi connectivity index (χ0v) is 12.7. The number of nitrogens with two attached hydrogens (primary N) is 1. The molecule has 2 aromatic rings. The van der Waals surface area contributed by atoms with Crippen LogP contribution >= 0.6 is 0 Å². The third-order valence-corrected chi connectivity index (χ3v) is 3.43. The highest BCUT2D eigenvalue weighted by atomic mass is 15.4. The van der Waals surface area contributed by atoms with Gasteiger partial charge in [0, 0.05) is 18.8 Å². The summed E-state index contributed by atoms with van der Waals surface area (Å²) in [5, 5.41) is 4.49. The zero-order chi connectivity index (χ0) is 14.7. The molecule has 0 atom stereocenters. The van der Waals surface area contributed by atoms with Gasteiger partial charge in [-0.15, -0.1) is 0 Å². The van der Waals surface area contributed by atoms with E-state index in [1.165, 1.54) is 0 Å². The Morgan fingerprint density at radius 1 is 1.25 bits per heavy atom. The van der Waals surface area contributed by atoms with Crippen LogP contribution in [0.3, 0.4) is 0 Å². The first-order chi connectivity index (χ1) is 9.56. The van der Waals surface area contributed by atoms with Crippen molar-refractivity contribution < 1.29 is 0 Å². The number of hydrogen-bond donors (Lipinski definition) is 1. The number of aromatic nitrogens is 3. The molecule has 0 bridgehead atoms. The average molecular weight is 273 g/mol. The minimum Gasteiger partial charge on any atom is -0.394 e. The average Bonchev–Trinajstić information content (AvgIpc) is 2.72. The van der Waals surface area contributed by atoms with Crippen molar-refractivity contribution in [3.63, 3.8) is 0 Å². The van der Waals surface area contributed by atoms with E-state index in [9.17, 15) is 0 Å². The SMILES string of the molecule is CCN(Cc1cccc(C)n1)c1c(N)c(C)nn1CC. The van der Waals surface area contributed by atoms with Crippen molar-refractivity contribution in [1.29, 1.82) is 0 Å². The third-order valence-electron chi connectivity index (χ3n) is 3.43. The predicted molar refractivity (Wildman–Crippen MR) is 82.7 cm³/mol. The highest BCUT2D eigenvalue weighted by Crippen LogP contribution is 2.27. The van der Waals surface area contributed by atoms with Crippen molar-refractivity contribution >= 4 is 11.5 Å². The van der Waals surface area contributed by atoms with Gasteiger partial charge >= 0.3 is 0 Å². The summed E-state index contributed by atoms with van der Waals surface area (Å²) >= 11 is 0. The highest BCUT2D eigenvalue weighted by Gasteiger charge is 2.17. The highest BCUT2D eigenvalue weighted by molar-refractivity contribution is 5.66. The molecule has 108 valence electrons. The quantitative estimate of drug-likeness (QED) is 0.909. The monoisotopic (exact) mass is 273 g/mol. The topological polar surface area (TPSA) is 60.0 Å². The largest absolute Gasteiger partial charge is 0.394 e. The molecule has 0 spiro atoms. The van der Waals surface area contributed by atoms with Gasteiger partial charge in [-0.25, -0.2) is 4.68 Å². The van der Waals surface area contributed by atoms with Gasteiger partial charge < -0.3 is 10.6 Å². The molecule has 5 heteroatoms. The first-order valence-electron chi connectivity index (χ1n) is 7.07. The van der Waals surface area contributed by atoms with Gasteiger partial charge in [-0.05, 0) is 39.8 Å². The van der Waals surface area contributed by atoms with Crippen molar-refractivity contribution in [3.05, 3.63) is 35.3 Å². The Balaban J connectivity index is 2.33. The number of aryl methyl sites for hydroxylation is 3. The fraction of sp³-hybridized carbons (Fsp3) is 0.467. The van der Waals surface area contributed by atoms with E-state index < -0.39 is 0 Å². The molecule has 2 rings (SSSR count). The molecule has 0 unspecified atom stereocenters. The normalized spacial score (nSPS) is 10.8. The van der Waals surface area contributed by atoms with E-state index in [0.29, 0.717) is 0 Å². The van der Waals surface area contributed by atoms with E-state index in [2.05, 4.69) is 28.8 Å². The molecule has 0 aliphatic rings. The molecule has 2 N–H and O–H groups in total. The van der Waals surface area contributed by atoms with Crippen LogP contribution in [0, 0.1) is 13.8 Å². The molecule has 0 amide bonds. The lowest BCUT2D eigenvalue weighted by molar-refractivity contribution is 0.629. The summed E-state index contributed by atoms with van der Waals surface area (Å²) in [5.41, 5.74) is 9.93. The van der Waals surface area contributed by atoms with E-state index in [1.54, 1.807) is 0 Å². The number of pyridine rings is 1. The summed E-state index contributed by atoms with van der Waals surface area (Å²) in [5.74, 6) is 0.996. The fourth-order valence-electron chi connectivity index (χ4n) is 2.36. The van der Waals surface area contributed by atoms with Gasteiger partial charge in [0.05, 0.1) is 23.6 Å². The predicted octanol–water partition coefficient (Wildman–Crippen LogP) is 2.52. The molecular formula is C15H23N5. The Kier molecular flexibility index (Phi) is 4.27. The molecule has 0 aromatic carbocycles. The van der Waals surface area contributed by atoms with Crippen molar-refractivity contribution in [2.75, 3.05) is 17.2 Å². The molecule has 0 saturated heterocycles. The van der Waals surface area contributed by atoms with Crippen LogP contribution < -0.4 is 10.6 Å². The van der Waals surface area contributed by atoms with Crippen molar-refractivity contribution in [2.45, 2.75) is 40.8 Å². The zero-order valence-electron chi connectivity index (χ0n) is 12.7. The number of anilines is 2. The first-order valence-corrected chi connectivity index (χ1v) is 7.07. The molecule has 0 fully saturated rings. The molecule has 0 radical (unpaired) electrons. The summed E-state index contributed by atoms with van der Waals surface area (Å²) in [7, 11) is 0. The maximum Gasteiger partial charge on any atom is 0.151 e. The van der Waals surface area contributed by atoms with E-state index in [0.717, 1.165) is 48.2 Å². The van der Waals surface area contributed by atoms with Crippen LogP contribution in [0.4, 0.5) is 11.5 Å². The van der Waals surface area contributed by atoms with Crippen LogP contribution in [-0.2, 0) is 13.1 Å². The van der Waals surface area contributed by atoms with Crippen LogP contribution in [0.2, 0.25) is 0 Å². The van der Waals surface area contributed by atoms with Gasteiger partial charge in [0.1, 0.15) is 0 Å². The number of rotatable bonds is 5. The summed E-state index contributed by atoms with van der Waals surface area (Å²) in [4.78, 5) is 6.79. The van der Waals surface area contributed by atoms with E-state index in [-0.39, 0.29) is 0 Å². The molecule has 20 heavy (non-hydrogen) atoms. The minimum atomic E-state index is 0.744. The standard InChI is InChI=1S/C15H23N5/c1-5-19(10-13-9-7-8-11(3)17-13)15-14(16)12(4)18-20(15)6-2/h7-9H,5-6,10,16H2,1-4H3. The van der Waals surface area contributed by atoms with E-state index in [1.807, 2.05) is 36.7 Å². The molecule has 2 aromatic heterocycles. The Hall–Kier alpha value is -2.04. The van der Waals surface area contributed by atoms with Gasteiger partial charge in [-0.2, -0.15) is 5.10 Å². The van der Waals surface area contributed by atoms with Crippen LogP contribution in [0.5, 0.6) is 0 Å². The summed E-state index contributed by atoms with van der Waals surface area (Å²) in [6, 6.07) is 6.09. The molecule has 0 saturated carbocycles. The van der Waals surface area contributed by atoms with Gasteiger partial charge in [0.25, 0.3) is 0 Å². The van der Waals surface area contributed by atoms with Crippen molar-refractivity contribution in [1.82, 2.24) is 14.8 Å². The van der Waals surface area contributed by atoms with Gasteiger partial charge in [0.15, 0.2) is 5.82 Å². The summed E-state index contributed by atoms with van der Waals surface area (Å²) < 4.78 is 1.96. The fourth-order valence-corrected chi connectivity index (χ4v) is 2.36. The molecular weight excluding hydrogens is 250 g/mol. The van der Waals surface area contributed by atoms with Gasteiger partial charge in [-0.1, -0.05) is 6.07 Å². The van der Waals surface area contributed by atoms with E-state index in [4.69, 9.17) is 5.73 Å². The molecule has 5 nitrogen and oxygen atoms in total. The van der Waals surface area contributed by atoms with Crippen LogP contribution in [0.1, 0.15) is 30.9 Å². The lowest BCUT2D eigenvalue weighted by Gasteiger charge is -2.24. The number of hydrogen-bond acceptors (Lipinski definition) is 4. The molecule has 0 aliphatic carbocycles. The minimum absolute atomic E-state index is 0.744. The first kappa shape index (κ1) is 14.4. The summed E-state index contributed by atoms with van der Waals surface area (Å²) in [6.07, 6.45) is 0. The Labute approximate surface area is 120 Å². The maximum absolute atomic E-state index is 6.19. The second-order valence-electron chi connectivity index (χ2n) is 4.92. The Morgan fingerprint density at radius 2 is 2.00 bits per heavy atom. The van der Waals surface area contributed by atoms with Gasteiger partial charge in [-0.3, -0.25) is 4.98 Å². The van der Waals surface area contributed by atoms with Crippen molar-refractivity contribution in [3.8, 4) is 0 Å². The molecule has 2 heterocycles. The lowest BCUT2D eigenvalue weighted by Crippen LogP contribution is -2.26. The number of nitrogens with zero attached hydrogens (tertiary/aromatic N) is 4. The second-order valence-corrected chi connectivity index (χ2v) is 4.92. The van der Waals surface area contributed by atoms with Crippen LogP contribution in [-0.4, -0.2) is 21.3 Å². The maximum atomic E-state index is 6.19. The van der Waals surface area contributed by atoms with Crippen molar-refractivity contribution in [2.24, 2.45) is 0 Å². The Morgan fingerprint density at radius 3 is 2.60 bits per heavy atom. The smallest absolute Gasteiger partial charge is 0.151 e. The second kappa shape index (κ2) is 5.94. The van der Waals surface area contributed by atoms with E-state index >= 15 is 0 Å². The Bertz CT molecular complexity index is 588. The molecule has 0 aliphatic heterocycles. The van der Waals surface area contributed by atoms with Gasteiger partial charge in [0.2, 0.25) is 0 Å².